The highest BCUT2D eigenvalue weighted by Crippen LogP contribution is 2.24. The lowest BCUT2D eigenvalue weighted by Gasteiger charge is -2.04. The van der Waals surface area contributed by atoms with Crippen LogP contribution in [-0.2, 0) is 33.8 Å². The molecule has 0 amide bonds. The van der Waals surface area contributed by atoms with Crippen LogP contribution in [0, 0.1) is 0 Å². The van der Waals surface area contributed by atoms with Crippen LogP contribution in [0.15, 0.2) is 18.2 Å². The molecule has 1 aromatic carbocycles. The first-order chi connectivity index (χ1) is 6.56. The Hall–Kier alpha value is -0.910. The Morgan fingerprint density at radius 2 is 2.14 bits per heavy atom. The largest absolute Gasteiger partial charge is 0.372 e. The first kappa shape index (κ1) is 9.64. The van der Waals surface area contributed by atoms with Crippen LogP contribution in [0.4, 0.5) is 0 Å². The van der Waals surface area contributed by atoms with E-state index >= 15 is 0 Å². The molecule has 0 radical (unpaired) electrons. The van der Waals surface area contributed by atoms with Gasteiger partial charge in [0, 0.05) is 0 Å². The van der Waals surface area contributed by atoms with E-state index in [1.54, 1.807) is 12.1 Å². The van der Waals surface area contributed by atoms with Crippen LogP contribution in [0.1, 0.15) is 16.7 Å². The summed E-state index contributed by atoms with van der Waals surface area (Å²) >= 11 is 0. The molecule has 1 heterocycles. The molecule has 0 fully saturated rings. The molecule has 0 saturated heterocycles. The third kappa shape index (κ3) is 1.95. The average molecular weight is 214 g/mol. The second kappa shape index (κ2) is 3.34. The summed E-state index contributed by atoms with van der Waals surface area (Å²) in [4.78, 5) is 0. The average Bonchev–Trinajstić information content (AvgIpc) is 2.49. The van der Waals surface area contributed by atoms with E-state index in [1.807, 2.05) is 6.07 Å². The Kier molecular flexibility index (Phi) is 2.30. The maximum Gasteiger partial charge on any atom is 0.269 e. The third-order valence-electron chi connectivity index (χ3n) is 2.21. The molecule has 0 bridgehead atoms. The van der Waals surface area contributed by atoms with Crippen molar-refractivity contribution >= 4 is 10.1 Å². The van der Waals surface area contributed by atoms with Crippen molar-refractivity contribution in [2.45, 2.75) is 19.0 Å². The second-order valence-electron chi connectivity index (χ2n) is 3.27. The molecule has 1 N–H and O–H groups in total. The molecule has 0 unspecified atom stereocenters. The molecular weight excluding hydrogens is 204 g/mol. The van der Waals surface area contributed by atoms with Gasteiger partial charge in [-0.3, -0.25) is 4.55 Å². The fraction of sp³-hybridized carbons (Fsp3) is 0.333. The Balaban J connectivity index is 2.40. The van der Waals surface area contributed by atoms with Gasteiger partial charge >= 0.3 is 0 Å². The van der Waals surface area contributed by atoms with Gasteiger partial charge in [0.15, 0.2) is 0 Å². The lowest BCUT2D eigenvalue weighted by atomic mass is 10.1. The molecule has 5 heteroatoms. The Labute approximate surface area is 82.3 Å². The van der Waals surface area contributed by atoms with Gasteiger partial charge in [-0.1, -0.05) is 18.2 Å². The van der Waals surface area contributed by atoms with E-state index in [2.05, 4.69) is 0 Å². The van der Waals surface area contributed by atoms with Crippen molar-refractivity contribution in [3.05, 3.63) is 34.9 Å². The van der Waals surface area contributed by atoms with Crippen molar-refractivity contribution in [1.82, 2.24) is 0 Å². The van der Waals surface area contributed by atoms with Gasteiger partial charge in [-0.05, 0) is 16.7 Å². The summed E-state index contributed by atoms with van der Waals surface area (Å²) in [7, 11) is -3.95. The van der Waals surface area contributed by atoms with Gasteiger partial charge in [-0.25, -0.2) is 0 Å². The van der Waals surface area contributed by atoms with Crippen molar-refractivity contribution in [3.8, 4) is 0 Å². The number of benzene rings is 1. The standard InChI is InChI=1S/C9H10O4S/c10-14(11,12)6-8-3-1-2-7-4-13-5-9(7)8/h1-3H,4-6H2,(H,10,11,12). The zero-order valence-electron chi connectivity index (χ0n) is 7.43. The van der Waals surface area contributed by atoms with Crippen molar-refractivity contribution in [2.24, 2.45) is 0 Å². The van der Waals surface area contributed by atoms with Gasteiger partial charge in [0.2, 0.25) is 0 Å². The maximum absolute atomic E-state index is 10.7. The van der Waals surface area contributed by atoms with E-state index in [1.165, 1.54) is 0 Å². The molecule has 14 heavy (non-hydrogen) atoms. The van der Waals surface area contributed by atoms with E-state index in [-0.39, 0.29) is 5.75 Å². The summed E-state index contributed by atoms with van der Waals surface area (Å²) in [6, 6.07) is 5.37. The van der Waals surface area contributed by atoms with Gasteiger partial charge < -0.3 is 4.74 Å². The van der Waals surface area contributed by atoms with Gasteiger partial charge in [0.1, 0.15) is 5.75 Å². The Morgan fingerprint density at radius 1 is 1.36 bits per heavy atom. The number of fused-ring (bicyclic) bond motifs is 1. The van der Waals surface area contributed by atoms with E-state index in [4.69, 9.17) is 9.29 Å². The molecule has 0 atom stereocenters. The summed E-state index contributed by atoms with van der Waals surface area (Å²) in [6.07, 6.45) is 0. The highest BCUT2D eigenvalue weighted by molar-refractivity contribution is 7.85. The van der Waals surface area contributed by atoms with Crippen LogP contribution >= 0.6 is 0 Å². The van der Waals surface area contributed by atoms with Crippen molar-refractivity contribution in [3.63, 3.8) is 0 Å². The van der Waals surface area contributed by atoms with Crippen molar-refractivity contribution in [1.29, 1.82) is 0 Å². The van der Waals surface area contributed by atoms with Gasteiger partial charge in [-0.15, -0.1) is 0 Å². The number of hydrogen-bond acceptors (Lipinski definition) is 3. The van der Waals surface area contributed by atoms with Crippen LogP contribution in [-0.4, -0.2) is 13.0 Å². The minimum absolute atomic E-state index is 0.334. The molecule has 0 aromatic heterocycles. The van der Waals surface area contributed by atoms with Crippen LogP contribution in [0.5, 0.6) is 0 Å². The van der Waals surface area contributed by atoms with E-state index in [0.29, 0.717) is 18.8 Å². The zero-order valence-corrected chi connectivity index (χ0v) is 8.25. The van der Waals surface area contributed by atoms with E-state index in [9.17, 15) is 8.42 Å². The predicted octanol–water partition coefficient (Wildman–Crippen LogP) is 1.10. The van der Waals surface area contributed by atoms with Crippen LogP contribution in [0.3, 0.4) is 0 Å². The van der Waals surface area contributed by atoms with Crippen LogP contribution < -0.4 is 0 Å². The SMILES string of the molecule is O=S(=O)(O)Cc1cccc2c1COC2. The quantitative estimate of drug-likeness (QED) is 0.749. The molecular formula is C9H10O4S. The molecule has 76 valence electrons. The first-order valence-corrected chi connectivity index (χ1v) is 5.80. The fourth-order valence-electron chi connectivity index (χ4n) is 1.60. The molecule has 1 aromatic rings. The molecule has 2 rings (SSSR count). The van der Waals surface area contributed by atoms with E-state index < -0.39 is 10.1 Å². The maximum atomic E-state index is 10.7. The Morgan fingerprint density at radius 3 is 2.86 bits per heavy atom. The topological polar surface area (TPSA) is 63.6 Å². The zero-order chi connectivity index (χ0) is 10.2. The normalized spacial score (nSPS) is 15.5. The molecule has 1 aliphatic heterocycles. The number of hydrogen-bond donors (Lipinski definition) is 1. The lowest BCUT2D eigenvalue weighted by molar-refractivity contribution is 0.134. The molecule has 0 saturated carbocycles. The van der Waals surface area contributed by atoms with Gasteiger partial charge in [-0.2, -0.15) is 8.42 Å². The summed E-state index contributed by atoms with van der Waals surface area (Å²) in [6.45, 7) is 0.954. The van der Waals surface area contributed by atoms with Crippen LogP contribution in [0.25, 0.3) is 0 Å². The summed E-state index contributed by atoms with van der Waals surface area (Å²) in [5, 5.41) is 0. The lowest BCUT2D eigenvalue weighted by Crippen LogP contribution is -2.04. The smallest absolute Gasteiger partial charge is 0.269 e. The Bertz CT molecular complexity index is 450. The van der Waals surface area contributed by atoms with Gasteiger partial charge in [0.05, 0.1) is 13.2 Å². The molecule has 1 aliphatic rings. The van der Waals surface area contributed by atoms with Crippen LogP contribution in [0.2, 0.25) is 0 Å². The second-order valence-corrected chi connectivity index (χ2v) is 4.73. The monoisotopic (exact) mass is 214 g/mol. The third-order valence-corrected chi connectivity index (χ3v) is 2.89. The van der Waals surface area contributed by atoms with E-state index in [0.717, 1.165) is 11.1 Å². The van der Waals surface area contributed by atoms with Gasteiger partial charge in [0.25, 0.3) is 10.1 Å². The number of ether oxygens (including phenoxy) is 1. The summed E-state index contributed by atoms with van der Waals surface area (Å²) in [5.41, 5.74) is 2.53. The first-order valence-electron chi connectivity index (χ1n) is 4.19. The summed E-state index contributed by atoms with van der Waals surface area (Å²) in [5.74, 6) is -0.334. The highest BCUT2D eigenvalue weighted by Gasteiger charge is 2.17. The minimum Gasteiger partial charge on any atom is -0.372 e. The molecule has 0 aliphatic carbocycles. The predicted molar refractivity (Wildman–Crippen MR) is 50.2 cm³/mol. The molecule has 4 nitrogen and oxygen atoms in total. The van der Waals surface area contributed by atoms with Crippen molar-refractivity contribution in [2.75, 3.05) is 0 Å². The minimum atomic E-state index is -3.95. The van der Waals surface area contributed by atoms with Crippen molar-refractivity contribution < 1.29 is 17.7 Å². The summed E-state index contributed by atoms with van der Waals surface area (Å²) < 4.78 is 35.4. The highest BCUT2D eigenvalue weighted by atomic mass is 32.2. The molecule has 0 spiro atoms. The fourth-order valence-corrected chi connectivity index (χ4v) is 2.27. The number of rotatable bonds is 2.